The zero-order valence-electron chi connectivity index (χ0n) is 11.1. The Bertz CT molecular complexity index is 661. The van der Waals surface area contributed by atoms with Crippen molar-refractivity contribution in [2.75, 3.05) is 13.2 Å². The fourth-order valence-electron chi connectivity index (χ4n) is 2.24. The molecule has 0 fully saturated rings. The summed E-state index contributed by atoms with van der Waals surface area (Å²) in [5.74, 6) is 1.52. The normalized spacial score (nSPS) is 15.4. The highest BCUT2D eigenvalue weighted by atomic mass is 79.9. The van der Waals surface area contributed by atoms with Crippen molar-refractivity contribution in [1.82, 2.24) is 0 Å². The predicted octanol–water partition coefficient (Wildman–Crippen LogP) is 5.70. The highest BCUT2D eigenvalue weighted by molar-refractivity contribution is 9.10. The molecule has 110 valence electrons. The van der Waals surface area contributed by atoms with Crippen molar-refractivity contribution in [1.29, 1.82) is 0 Å². The molecule has 0 aromatic heterocycles. The molecule has 0 saturated carbocycles. The minimum absolute atomic E-state index is 0.256. The van der Waals surface area contributed by atoms with Gasteiger partial charge in [-0.2, -0.15) is 0 Å². The van der Waals surface area contributed by atoms with Crippen molar-refractivity contribution in [2.24, 2.45) is 0 Å². The molecule has 0 spiro atoms. The second-order valence-electron chi connectivity index (χ2n) is 4.79. The number of hydrogen-bond acceptors (Lipinski definition) is 2. The third-order valence-electron chi connectivity index (χ3n) is 3.28. The molecule has 1 aliphatic heterocycles. The van der Waals surface area contributed by atoms with Crippen LogP contribution in [0.2, 0.25) is 0 Å². The minimum Gasteiger partial charge on any atom is -0.490 e. The maximum atomic E-state index is 6.64. The van der Waals surface area contributed by atoms with Crippen molar-refractivity contribution in [2.45, 2.75) is 11.8 Å². The summed E-state index contributed by atoms with van der Waals surface area (Å²) in [5.41, 5.74) is 2.00. The Hall–Kier alpha value is -0.710. The number of fused-ring (bicyclic) bond motifs is 1. The van der Waals surface area contributed by atoms with E-state index in [2.05, 4.69) is 31.9 Å². The largest absolute Gasteiger partial charge is 0.490 e. The van der Waals surface area contributed by atoms with E-state index in [0.29, 0.717) is 13.2 Å². The monoisotopic (exact) mass is 430 g/mol. The van der Waals surface area contributed by atoms with Crippen molar-refractivity contribution in [3.05, 3.63) is 56.5 Å². The second-order valence-corrected chi connectivity index (χ2v) is 6.99. The third-order valence-corrected chi connectivity index (χ3v) is 4.95. The summed E-state index contributed by atoms with van der Waals surface area (Å²) in [5, 5.41) is -0.256. The number of hydrogen-bond donors (Lipinski definition) is 0. The van der Waals surface area contributed by atoms with Gasteiger partial charge in [0, 0.05) is 15.4 Å². The number of rotatable bonds is 2. The van der Waals surface area contributed by atoms with Gasteiger partial charge in [0.2, 0.25) is 0 Å². The summed E-state index contributed by atoms with van der Waals surface area (Å²) in [6, 6.07) is 11.9. The standard InChI is InChI=1S/C16H13Br2ClO2/c17-11-4-1-3-10(7-11)16(19)12-8-14-15(9-13(12)18)21-6-2-5-20-14/h1,3-4,7-9,16H,2,5-6H2. The third kappa shape index (κ3) is 3.38. The van der Waals surface area contributed by atoms with Gasteiger partial charge in [0.25, 0.3) is 0 Å². The molecule has 1 unspecified atom stereocenters. The number of ether oxygens (including phenoxy) is 2. The molecule has 0 radical (unpaired) electrons. The van der Waals surface area contributed by atoms with Gasteiger partial charge in [-0.1, -0.05) is 44.0 Å². The highest BCUT2D eigenvalue weighted by Crippen LogP contribution is 2.41. The van der Waals surface area contributed by atoms with Crippen molar-refractivity contribution in [3.63, 3.8) is 0 Å². The molecule has 0 saturated heterocycles. The molecule has 5 heteroatoms. The SMILES string of the molecule is ClC(c1cccc(Br)c1)c1cc2c(cc1Br)OCCCO2. The molecule has 2 aromatic carbocycles. The van der Waals surface area contributed by atoms with E-state index in [1.807, 2.05) is 36.4 Å². The summed E-state index contributed by atoms with van der Waals surface area (Å²) in [7, 11) is 0. The van der Waals surface area contributed by atoms with E-state index in [0.717, 1.165) is 38.0 Å². The van der Waals surface area contributed by atoms with Crippen molar-refractivity contribution >= 4 is 43.5 Å². The fourth-order valence-corrected chi connectivity index (χ4v) is 3.65. The average molecular weight is 433 g/mol. The van der Waals surface area contributed by atoms with Crippen molar-refractivity contribution < 1.29 is 9.47 Å². The zero-order valence-corrected chi connectivity index (χ0v) is 15.0. The molecular formula is C16H13Br2ClO2. The summed E-state index contributed by atoms with van der Waals surface area (Å²) in [4.78, 5) is 0. The molecule has 21 heavy (non-hydrogen) atoms. The van der Waals surface area contributed by atoms with Crippen LogP contribution in [0.1, 0.15) is 22.9 Å². The molecule has 1 heterocycles. The van der Waals surface area contributed by atoms with Crippen LogP contribution < -0.4 is 9.47 Å². The minimum atomic E-state index is -0.256. The van der Waals surface area contributed by atoms with Crippen LogP contribution in [0.4, 0.5) is 0 Å². The zero-order chi connectivity index (χ0) is 14.8. The van der Waals surface area contributed by atoms with E-state index in [9.17, 15) is 0 Å². The van der Waals surface area contributed by atoms with Crippen LogP contribution in [-0.2, 0) is 0 Å². The lowest BCUT2D eigenvalue weighted by Gasteiger charge is -2.16. The summed E-state index contributed by atoms with van der Waals surface area (Å²) < 4.78 is 13.4. The van der Waals surface area contributed by atoms with Gasteiger partial charge in [-0.05, 0) is 35.4 Å². The van der Waals surface area contributed by atoms with Gasteiger partial charge in [0.05, 0.1) is 18.6 Å². The van der Waals surface area contributed by atoms with Gasteiger partial charge in [0.1, 0.15) is 0 Å². The van der Waals surface area contributed by atoms with Gasteiger partial charge < -0.3 is 9.47 Å². The topological polar surface area (TPSA) is 18.5 Å². The van der Waals surface area contributed by atoms with E-state index < -0.39 is 0 Å². The summed E-state index contributed by atoms with van der Waals surface area (Å²) in [6.45, 7) is 1.34. The first kappa shape index (κ1) is 15.2. The Kier molecular flexibility index (Phi) is 4.77. The number of halogens is 3. The Morgan fingerprint density at radius 2 is 1.71 bits per heavy atom. The molecular weight excluding hydrogens is 419 g/mol. The molecule has 2 aromatic rings. The van der Waals surface area contributed by atoms with Gasteiger partial charge in [-0.25, -0.2) is 0 Å². The molecule has 0 N–H and O–H groups in total. The second kappa shape index (κ2) is 6.59. The van der Waals surface area contributed by atoms with Crippen LogP contribution in [-0.4, -0.2) is 13.2 Å². The number of alkyl halides is 1. The van der Waals surface area contributed by atoms with Gasteiger partial charge in [-0.3, -0.25) is 0 Å². The van der Waals surface area contributed by atoms with Crippen molar-refractivity contribution in [3.8, 4) is 11.5 Å². The van der Waals surface area contributed by atoms with E-state index in [1.165, 1.54) is 0 Å². The fraction of sp³-hybridized carbons (Fsp3) is 0.250. The highest BCUT2D eigenvalue weighted by Gasteiger charge is 2.19. The first-order chi connectivity index (χ1) is 10.1. The van der Waals surface area contributed by atoms with Gasteiger partial charge in [-0.15, -0.1) is 11.6 Å². The lowest BCUT2D eigenvalue weighted by molar-refractivity contribution is 0.297. The van der Waals surface area contributed by atoms with Crippen LogP contribution in [0.25, 0.3) is 0 Å². The van der Waals surface area contributed by atoms with E-state index in [4.69, 9.17) is 21.1 Å². The van der Waals surface area contributed by atoms with Crippen LogP contribution >= 0.6 is 43.5 Å². The van der Waals surface area contributed by atoms with E-state index in [-0.39, 0.29) is 5.38 Å². The smallest absolute Gasteiger partial charge is 0.162 e. The summed E-state index contributed by atoms with van der Waals surface area (Å²) in [6.07, 6.45) is 0.886. The Morgan fingerprint density at radius 3 is 2.43 bits per heavy atom. The molecule has 1 atom stereocenters. The van der Waals surface area contributed by atoms with Crippen LogP contribution in [0, 0.1) is 0 Å². The van der Waals surface area contributed by atoms with E-state index >= 15 is 0 Å². The van der Waals surface area contributed by atoms with Crippen LogP contribution in [0.5, 0.6) is 11.5 Å². The Morgan fingerprint density at radius 1 is 1.00 bits per heavy atom. The lowest BCUT2D eigenvalue weighted by Crippen LogP contribution is -1.98. The predicted molar refractivity (Wildman–Crippen MR) is 91.6 cm³/mol. The molecule has 1 aliphatic rings. The lowest BCUT2D eigenvalue weighted by atomic mass is 10.0. The Labute approximate surface area is 145 Å². The van der Waals surface area contributed by atoms with Gasteiger partial charge >= 0.3 is 0 Å². The van der Waals surface area contributed by atoms with Crippen LogP contribution in [0.3, 0.4) is 0 Å². The maximum Gasteiger partial charge on any atom is 0.162 e. The first-order valence-corrected chi connectivity index (χ1v) is 8.66. The molecule has 0 amide bonds. The van der Waals surface area contributed by atoms with Crippen LogP contribution in [0.15, 0.2) is 45.3 Å². The average Bonchev–Trinajstić information content (AvgIpc) is 2.70. The summed E-state index contributed by atoms with van der Waals surface area (Å²) >= 11 is 13.7. The molecule has 3 rings (SSSR count). The van der Waals surface area contributed by atoms with Gasteiger partial charge in [0.15, 0.2) is 11.5 Å². The first-order valence-electron chi connectivity index (χ1n) is 6.64. The molecule has 0 bridgehead atoms. The maximum absolute atomic E-state index is 6.64. The quantitative estimate of drug-likeness (QED) is 0.567. The Balaban J connectivity index is 2.00. The van der Waals surface area contributed by atoms with E-state index in [1.54, 1.807) is 0 Å². The molecule has 2 nitrogen and oxygen atoms in total. The molecule has 0 aliphatic carbocycles. The number of benzene rings is 2.